The summed E-state index contributed by atoms with van der Waals surface area (Å²) >= 11 is 0. The Labute approximate surface area is 131 Å². The van der Waals surface area contributed by atoms with E-state index in [2.05, 4.69) is 16.4 Å². The molecule has 0 aliphatic carbocycles. The number of hydrogen-bond donors (Lipinski definition) is 1. The van der Waals surface area contributed by atoms with Gasteiger partial charge in [0.05, 0.1) is 6.04 Å². The van der Waals surface area contributed by atoms with Crippen LogP contribution in [-0.2, 0) is 0 Å². The van der Waals surface area contributed by atoms with E-state index in [0.29, 0.717) is 0 Å². The van der Waals surface area contributed by atoms with E-state index in [9.17, 15) is 4.79 Å². The zero-order valence-electron chi connectivity index (χ0n) is 12.8. The standard InChI is InChI=1S/C18H21N3O/c1-19-17-15(10-7-12-20-17)16-11-5-6-13-21(16)18(22)14-8-3-2-4-9-14/h2-4,7-10,12,16H,5-6,11,13H2,1H3,(H,19,20). The second-order valence-corrected chi connectivity index (χ2v) is 5.57. The highest BCUT2D eigenvalue weighted by atomic mass is 16.2. The number of carbonyl (C=O) groups excluding carboxylic acids is 1. The molecule has 1 aromatic carbocycles. The number of benzene rings is 1. The van der Waals surface area contributed by atoms with Gasteiger partial charge in [-0.05, 0) is 37.5 Å². The molecule has 0 radical (unpaired) electrons. The number of amides is 1. The van der Waals surface area contributed by atoms with E-state index in [1.54, 1.807) is 6.20 Å². The Morgan fingerprint density at radius 2 is 2.00 bits per heavy atom. The molecule has 1 unspecified atom stereocenters. The molecule has 1 N–H and O–H groups in total. The Kier molecular flexibility index (Phi) is 4.37. The topological polar surface area (TPSA) is 45.2 Å². The van der Waals surface area contributed by atoms with Crippen LogP contribution in [0.1, 0.15) is 41.2 Å². The lowest BCUT2D eigenvalue weighted by atomic mass is 9.94. The van der Waals surface area contributed by atoms with Gasteiger partial charge in [0.1, 0.15) is 5.82 Å². The third-order valence-corrected chi connectivity index (χ3v) is 4.22. The van der Waals surface area contributed by atoms with Crippen molar-refractivity contribution in [1.82, 2.24) is 9.88 Å². The minimum Gasteiger partial charge on any atom is -0.373 e. The summed E-state index contributed by atoms with van der Waals surface area (Å²) in [6, 6.07) is 13.6. The van der Waals surface area contributed by atoms with Gasteiger partial charge >= 0.3 is 0 Å². The molecule has 4 heteroatoms. The summed E-state index contributed by atoms with van der Waals surface area (Å²) in [6.45, 7) is 0.802. The van der Waals surface area contributed by atoms with Crippen LogP contribution in [0.25, 0.3) is 0 Å². The maximum atomic E-state index is 12.9. The molecule has 1 amide bonds. The van der Waals surface area contributed by atoms with Crippen LogP contribution in [0, 0.1) is 0 Å². The first kappa shape index (κ1) is 14.6. The predicted molar refractivity (Wildman–Crippen MR) is 87.9 cm³/mol. The number of pyridine rings is 1. The highest BCUT2D eigenvalue weighted by Gasteiger charge is 2.30. The minimum atomic E-state index is 0.0950. The van der Waals surface area contributed by atoms with E-state index in [0.717, 1.165) is 42.8 Å². The number of carbonyl (C=O) groups is 1. The molecular weight excluding hydrogens is 274 g/mol. The molecule has 4 nitrogen and oxygen atoms in total. The SMILES string of the molecule is CNc1ncccc1C1CCCCN1C(=O)c1ccccc1. The molecule has 1 saturated heterocycles. The van der Waals surface area contributed by atoms with Crippen molar-refractivity contribution in [3.63, 3.8) is 0 Å². The van der Waals surface area contributed by atoms with E-state index in [-0.39, 0.29) is 11.9 Å². The third-order valence-electron chi connectivity index (χ3n) is 4.22. The molecule has 0 bridgehead atoms. The van der Waals surface area contributed by atoms with E-state index in [4.69, 9.17) is 0 Å². The van der Waals surface area contributed by atoms with Gasteiger partial charge in [0.25, 0.3) is 5.91 Å². The minimum absolute atomic E-state index is 0.0950. The van der Waals surface area contributed by atoms with Gasteiger partial charge in [-0.25, -0.2) is 4.98 Å². The molecule has 22 heavy (non-hydrogen) atoms. The number of anilines is 1. The molecular formula is C18H21N3O. The Balaban J connectivity index is 1.93. The number of piperidine rings is 1. The Hall–Kier alpha value is -2.36. The maximum Gasteiger partial charge on any atom is 0.254 e. The zero-order valence-corrected chi connectivity index (χ0v) is 12.8. The summed E-state index contributed by atoms with van der Waals surface area (Å²) in [7, 11) is 1.87. The van der Waals surface area contributed by atoms with Crippen molar-refractivity contribution in [2.24, 2.45) is 0 Å². The number of aromatic nitrogens is 1. The highest BCUT2D eigenvalue weighted by molar-refractivity contribution is 5.94. The van der Waals surface area contributed by atoms with Crippen LogP contribution in [0.3, 0.4) is 0 Å². The van der Waals surface area contributed by atoms with Gasteiger partial charge < -0.3 is 10.2 Å². The number of likely N-dealkylation sites (tertiary alicyclic amines) is 1. The van der Waals surface area contributed by atoms with Crippen LogP contribution < -0.4 is 5.32 Å². The zero-order chi connectivity index (χ0) is 15.4. The monoisotopic (exact) mass is 295 g/mol. The van der Waals surface area contributed by atoms with Crippen molar-refractivity contribution < 1.29 is 4.79 Å². The quantitative estimate of drug-likeness (QED) is 0.942. The van der Waals surface area contributed by atoms with Crippen LogP contribution in [0.5, 0.6) is 0 Å². The summed E-state index contributed by atoms with van der Waals surface area (Å²) in [5.41, 5.74) is 1.86. The summed E-state index contributed by atoms with van der Waals surface area (Å²) in [4.78, 5) is 19.3. The second kappa shape index (κ2) is 6.60. The fraction of sp³-hybridized carbons (Fsp3) is 0.333. The first-order chi connectivity index (χ1) is 10.8. The molecule has 1 atom stereocenters. The normalized spacial score (nSPS) is 18.0. The molecule has 1 aliphatic heterocycles. The Morgan fingerprint density at radius 1 is 1.18 bits per heavy atom. The van der Waals surface area contributed by atoms with Gasteiger partial charge in [0.2, 0.25) is 0 Å². The maximum absolute atomic E-state index is 12.9. The lowest BCUT2D eigenvalue weighted by Crippen LogP contribution is -2.38. The highest BCUT2D eigenvalue weighted by Crippen LogP contribution is 2.34. The average Bonchev–Trinajstić information content (AvgIpc) is 2.62. The summed E-state index contributed by atoms with van der Waals surface area (Å²) in [5, 5.41) is 3.14. The number of hydrogen-bond acceptors (Lipinski definition) is 3. The summed E-state index contributed by atoms with van der Waals surface area (Å²) in [5.74, 6) is 0.969. The van der Waals surface area contributed by atoms with Crippen LogP contribution in [0.4, 0.5) is 5.82 Å². The molecule has 2 aromatic rings. The summed E-state index contributed by atoms with van der Waals surface area (Å²) < 4.78 is 0. The number of rotatable bonds is 3. The van der Waals surface area contributed by atoms with Crippen molar-refractivity contribution in [2.45, 2.75) is 25.3 Å². The Bertz CT molecular complexity index is 642. The van der Waals surface area contributed by atoms with Crippen molar-refractivity contribution >= 4 is 11.7 Å². The van der Waals surface area contributed by atoms with Crippen LogP contribution in [-0.4, -0.2) is 29.4 Å². The number of nitrogens with one attached hydrogen (secondary N) is 1. The lowest BCUT2D eigenvalue weighted by molar-refractivity contribution is 0.0612. The van der Waals surface area contributed by atoms with Gasteiger partial charge in [0.15, 0.2) is 0 Å². The van der Waals surface area contributed by atoms with E-state index in [1.807, 2.05) is 48.3 Å². The Morgan fingerprint density at radius 3 is 2.77 bits per heavy atom. The molecule has 0 spiro atoms. The lowest BCUT2D eigenvalue weighted by Gasteiger charge is -2.36. The fourth-order valence-corrected chi connectivity index (χ4v) is 3.14. The van der Waals surface area contributed by atoms with Crippen molar-refractivity contribution in [1.29, 1.82) is 0 Å². The molecule has 114 valence electrons. The van der Waals surface area contributed by atoms with E-state index in [1.165, 1.54) is 0 Å². The molecule has 2 heterocycles. The van der Waals surface area contributed by atoms with Gasteiger partial charge in [-0.2, -0.15) is 0 Å². The van der Waals surface area contributed by atoms with Gasteiger partial charge in [-0.15, -0.1) is 0 Å². The van der Waals surface area contributed by atoms with Crippen molar-refractivity contribution in [3.05, 3.63) is 59.8 Å². The van der Waals surface area contributed by atoms with E-state index >= 15 is 0 Å². The van der Waals surface area contributed by atoms with Crippen LogP contribution >= 0.6 is 0 Å². The van der Waals surface area contributed by atoms with Crippen molar-refractivity contribution in [3.8, 4) is 0 Å². The smallest absolute Gasteiger partial charge is 0.254 e. The predicted octanol–water partition coefficient (Wildman–Crippen LogP) is 3.49. The average molecular weight is 295 g/mol. The van der Waals surface area contributed by atoms with Gasteiger partial charge in [0, 0.05) is 30.9 Å². The summed E-state index contributed by atoms with van der Waals surface area (Å²) in [6.07, 6.45) is 4.96. The van der Waals surface area contributed by atoms with Crippen LogP contribution in [0.2, 0.25) is 0 Å². The number of nitrogens with zero attached hydrogens (tertiary/aromatic N) is 2. The molecule has 1 aliphatic rings. The molecule has 1 aromatic heterocycles. The largest absolute Gasteiger partial charge is 0.373 e. The van der Waals surface area contributed by atoms with Gasteiger partial charge in [-0.1, -0.05) is 24.3 Å². The first-order valence-corrected chi connectivity index (χ1v) is 7.80. The fourth-order valence-electron chi connectivity index (χ4n) is 3.14. The molecule has 1 fully saturated rings. The second-order valence-electron chi connectivity index (χ2n) is 5.57. The van der Waals surface area contributed by atoms with Crippen molar-refractivity contribution in [2.75, 3.05) is 18.9 Å². The van der Waals surface area contributed by atoms with E-state index < -0.39 is 0 Å². The molecule has 0 saturated carbocycles. The third kappa shape index (κ3) is 2.82. The molecule has 3 rings (SSSR count). The first-order valence-electron chi connectivity index (χ1n) is 7.80. The van der Waals surface area contributed by atoms with Crippen LogP contribution in [0.15, 0.2) is 48.7 Å². The van der Waals surface area contributed by atoms with Gasteiger partial charge in [-0.3, -0.25) is 4.79 Å².